The fraction of sp³-hybridized carbons (Fsp3) is 0.533. The molecule has 1 atom stereocenters. The van der Waals surface area contributed by atoms with E-state index >= 15 is 0 Å². The van der Waals surface area contributed by atoms with Crippen molar-refractivity contribution < 1.29 is 4.79 Å². The number of halogens is 2. The van der Waals surface area contributed by atoms with Gasteiger partial charge in [-0.15, -0.1) is 24.8 Å². The average molecular weight is 332 g/mol. The minimum atomic E-state index is -0.135. The van der Waals surface area contributed by atoms with Gasteiger partial charge in [-0.2, -0.15) is 0 Å². The topological polar surface area (TPSA) is 44.4 Å². The molecule has 1 unspecified atom stereocenters. The van der Waals surface area contributed by atoms with Crippen molar-refractivity contribution in [3.8, 4) is 0 Å². The maximum Gasteiger partial charge on any atom is 0.242 e. The van der Waals surface area contributed by atoms with Gasteiger partial charge in [0.2, 0.25) is 5.91 Å². The molecule has 118 valence electrons. The van der Waals surface area contributed by atoms with Gasteiger partial charge in [-0.1, -0.05) is 30.3 Å². The van der Waals surface area contributed by atoms with Gasteiger partial charge in [-0.25, -0.2) is 0 Å². The Morgan fingerprint density at radius 3 is 2.33 bits per heavy atom. The van der Waals surface area contributed by atoms with Crippen LogP contribution in [0.15, 0.2) is 30.3 Å². The molecule has 1 saturated heterocycles. The zero-order chi connectivity index (χ0) is 13.1. The highest BCUT2D eigenvalue weighted by Crippen LogP contribution is 2.25. The van der Waals surface area contributed by atoms with Gasteiger partial charge in [-0.3, -0.25) is 9.69 Å². The van der Waals surface area contributed by atoms with Crippen molar-refractivity contribution in [1.82, 2.24) is 15.5 Å². The van der Waals surface area contributed by atoms with E-state index in [9.17, 15) is 4.79 Å². The first-order valence-electron chi connectivity index (χ1n) is 7.15. The zero-order valence-corrected chi connectivity index (χ0v) is 13.6. The zero-order valence-electron chi connectivity index (χ0n) is 12.0. The molecule has 1 aliphatic carbocycles. The molecular weight excluding hydrogens is 309 g/mol. The Bertz CT molecular complexity index is 434. The van der Waals surface area contributed by atoms with E-state index in [-0.39, 0.29) is 36.8 Å². The predicted molar refractivity (Wildman–Crippen MR) is 89.3 cm³/mol. The van der Waals surface area contributed by atoms with Crippen molar-refractivity contribution in [3.05, 3.63) is 35.9 Å². The predicted octanol–water partition coefficient (Wildman–Crippen LogP) is 1.76. The summed E-state index contributed by atoms with van der Waals surface area (Å²) in [5.41, 5.74) is 1.10. The van der Waals surface area contributed by atoms with Crippen molar-refractivity contribution >= 4 is 30.7 Å². The minimum absolute atomic E-state index is 0. The van der Waals surface area contributed by atoms with E-state index in [2.05, 4.69) is 27.7 Å². The van der Waals surface area contributed by atoms with E-state index in [1.165, 1.54) is 0 Å². The Balaban J connectivity index is 0.00000110. The number of nitrogens with one attached hydrogen (secondary N) is 2. The van der Waals surface area contributed by atoms with Gasteiger partial charge in [0.05, 0.1) is 0 Å². The molecule has 1 aromatic carbocycles. The Morgan fingerprint density at radius 1 is 1.14 bits per heavy atom. The maximum absolute atomic E-state index is 12.5. The molecule has 0 aromatic heterocycles. The molecule has 1 aromatic rings. The molecule has 4 nitrogen and oxygen atoms in total. The van der Waals surface area contributed by atoms with Crippen LogP contribution >= 0.6 is 24.8 Å². The number of piperazine rings is 1. The second kappa shape index (κ2) is 8.59. The number of rotatable bonds is 4. The fourth-order valence-electron chi connectivity index (χ4n) is 2.61. The van der Waals surface area contributed by atoms with Gasteiger partial charge in [-0.05, 0) is 18.4 Å². The van der Waals surface area contributed by atoms with Crippen molar-refractivity contribution in [2.24, 2.45) is 0 Å². The van der Waals surface area contributed by atoms with Crippen molar-refractivity contribution in [2.45, 2.75) is 24.9 Å². The third kappa shape index (κ3) is 4.85. The summed E-state index contributed by atoms with van der Waals surface area (Å²) in [5, 5.41) is 6.49. The number of nitrogens with zero attached hydrogens (tertiary/aromatic N) is 1. The van der Waals surface area contributed by atoms with Crippen molar-refractivity contribution in [3.63, 3.8) is 0 Å². The first kappa shape index (κ1) is 18.2. The lowest BCUT2D eigenvalue weighted by Gasteiger charge is -2.34. The second-order valence-electron chi connectivity index (χ2n) is 5.38. The van der Waals surface area contributed by atoms with Crippen LogP contribution in [-0.4, -0.2) is 43.0 Å². The van der Waals surface area contributed by atoms with E-state index in [0.29, 0.717) is 6.04 Å². The third-order valence-electron chi connectivity index (χ3n) is 3.80. The van der Waals surface area contributed by atoms with Crippen molar-refractivity contribution in [1.29, 1.82) is 0 Å². The highest BCUT2D eigenvalue weighted by molar-refractivity contribution is 5.85. The fourth-order valence-corrected chi connectivity index (χ4v) is 2.61. The summed E-state index contributed by atoms with van der Waals surface area (Å²) in [7, 11) is 0. The number of carbonyl (C=O) groups is 1. The number of benzene rings is 1. The first-order valence-corrected chi connectivity index (χ1v) is 7.15. The Morgan fingerprint density at radius 2 is 1.76 bits per heavy atom. The largest absolute Gasteiger partial charge is 0.352 e. The third-order valence-corrected chi connectivity index (χ3v) is 3.80. The lowest BCUT2D eigenvalue weighted by Crippen LogP contribution is -2.49. The van der Waals surface area contributed by atoms with Gasteiger partial charge in [0.1, 0.15) is 6.04 Å². The van der Waals surface area contributed by atoms with Crippen LogP contribution in [0.3, 0.4) is 0 Å². The average Bonchev–Trinajstić information content (AvgIpc) is 3.25. The Hall–Kier alpha value is -0.810. The van der Waals surface area contributed by atoms with Crippen LogP contribution < -0.4 is 10.6 Å². The van der Waals surface area contributed by atoms with Crippen LogP contribution in [-0.2, 0) is 4.79 Å². The monoisotopic (exact) mass is 331 g/mol. The molecule has 0 spiro atoms. The molecule has 2 N–H and O–H groups in total. The molecule has 2 aliphatic rings. The van der Waals surface area contributed by atoms with Crippen LogP contribution in [0.1, 0.15) is 24.4 Å². The summed E-state index contributed by atoms with van der Waals surface area (Å²) < 4.78 is 0. The van der Waals surface area contributed by atoms with Gasteiger partial charge in [0, 0.05) is 32.2 Å². The SMILES string of the molecule is Cl.Cl.O=C(NC1CC1)C(c1ccccc1)N1CCNCC1. The van der Waals surface area contributed by atoms with Crippen LogP contribution in [0.5, 0.6) is 0 Å². The molecule has 2 fully saturated rings. The van der Waals surface area contributed by atoms with Gasteiger partial charge in [0.25, 0.3) is 0 Å². The molecule has 1 saturated carbocycles. The standard InChI is InChI=1S/C15H21N3O.2ClH/c19-15(17-13-6-7-13)14(12-4-2-1-3-5-12)18-10-8-16-9-11-18;;/h1-5,13-14,16H,6-11H2,(H,17,19);2*1H. The van der Waals surface area contributed by atoms with Gasteiger partial charge >= 0.3 is 0 Å². The summed E-state index contributed by atoms with van der Waals surface area (Å²) in [6, 6.07) is 10.4. The molecule has 21 heavy (non-hydrogen) atoms. The molecule has 1 amide bonds. The molecule has 0 bridgehead atoms. The highest BCUT2D eigenvalue weighted by atomic mass is 35.5. The molecule has 6 heteroatoms. The smallest absolute Gasteiger partial charge is 0.242 e. The lowest BCUT2D eigenvalue weighted by molar-refractivity contribution is -0.127. The Labute approximate surface area is 138 Å². The van der Waals surface area contributed by atoms with Crippen molar-refractivity contribution in [2.75, 3.05) is 26.2 Å². The van der Waals surface area contributed by atoms with Crippen LogP contribution in [0.4, 0.5) is 0 Å². The maximum atomic E-state index is 12.5. The van der Waals surface area contributed by atoms with Gasteiger partial charge < -0.3 is 10.6 Å². The summed E-state index contributed by atoms with van der Waals surface area (Å²) in [4.78, 5) is 14.8. The van der Waals surface area contributed by atoms with E-state index < -0.39 is 0 Å². The number of hydrogen-bond donors (Lipinski definition) is 2. The van der Waals surface area contributed by atoms with Crippen LogP contribution in [0.2, 0.25) is 0 Å². The summed E-state index contributed by atoms with van der Waals surface area (Å²) in [6.07, 6.45) is 2.27. The molecule has 0 radical (unpaired) electrons. The lowest BCUT2D eigenvalue weighted by atomic mass is 10.0. The molecule has 1 aliphatic heterocycles. The molecule has 1 heterocycles. The summed E-state index contributed by atoms with van der Waals surface area (Å²) in [5.74, 6) is 0.163. The Kier molecular flexibility index (Phi) is 7.46. The second-order valence-corrected chi connectivity index (χ2v) is 5.38. The molecule has 3 rings (SSSR count). The number of amides is 1. The number of hydrogen-bond acceptors (Lipinski definition) is 3. The highest BCUT2D eigenvalue weighted by Gasteiger charge is 2.32. The summed E-state index contributed by atoms with van der Waals surface area (Å²) in [6.45, 7) is 3.77. The minimum Gasteiger partial charge on any atom is -0.352 e. The van der Waals surface area contributed by atoms with Gasteiger partial charge in [0.15, 0.2) is 0 Å². The normalized spacial score (nSPS) is 19.8. The number of carbonyl (C=O) groups excluding carboxylic acids is 1. The van der Waals surface area contributed by atoms with E-state index in [1.54, 1.807) is 0 Å². The first-order chi connectivity index (χ1) is 9.34. The van der Waals surface area contributed by atoms with E-state index in [4.69, 9.17) is 0 Å². The quantitative estimate of drug-likeness (QED) is 0.883. The van der Waals surface area contributed by atoms with E-state index in [0.717, 1.165) is 44.6 Å². The summed E-state index contributed by atoms with van der Waals surface area (Å²) >= 11 is 0. The van der Waals surface area contributed by atoms with E-state index in [1.807, 2.05) is 18.2 Å². The molecular formula is C15H23Cl2N3O. The van der Waals surface area contributed by atoms with Crippen LogP contribution in [0.25, 0.3) is 0 Å². The van der Waals surface area contributed by atoms with Crippen LogP contribution in [0, 0.1) is 0 Å².